The van der Waals surface area contributed by atoms with Crippen molar-refractivity contribution in [2.75, 3.05) is 14.1 Å². The van der Waals surface area contributed by atoms with Gasteiger partial charge in [-0.2, -0.15) is 0 Å². The predicted molar refractivity (Wildman–Crippen MR) is 63.4 cm³/mol. The minimum Gasteiger partial charge on any atom is -0.345 e. The van der Waals surface area contributed by atoms with Gasteiger partial charge in [0.2, 0.25) is 5.91 Å². The van der Waals surface area contributed by atoms with Crippen LogP contribution in [-0.2, 0) is 21.9 Å². The Hall–Kier alpha value is -1.05. The minimum absolute atomic E-state index is 0. The molecule has 16 heavy (non-hydrogen) atoms. The Bertz CT molecular complexity index is 328. The third-order valence-corrected chi connectivity index (χ3v) is 2.11. The number of carbonyl (C=O) groups excluding carboxylic acids is 1. The summed E-state index contributed by atoms with van der Waals surface area (Å²) in [6, 6.07) is 0. The summed E-state index contributed by atoms with van der Waals surface area (Å²) in [6.45, 7) is 0. The number of likely N-dealkylation sites (N-methyl/N-ethyl adjacent to an activating group) is 1. The molecule has 0 aromatic carbocycles. The van der Waals surface area contributed by atoms with Gasteiger partial charge in [-0.3, -0.25) is 4.79 Å². The molecule has 2 nitrogen and oxygen atoms in total. The molecule has 0 saturated carbocycles. The van der Waals surface area contributed by atoms with E-state index in [1.165, 1.54) is 0 Å². The number of hydrogen-bond donors (Lipinski definition) is 0. The predicted octanol–water partition coefficient (Wildman–Crippen LogP) is 2.46. The first-order valence-corrected chi connectivity index (χ1v) is 5.11. The van der Waals surface area contributed by atoms with Gasteiger partial charge in [0.1, 0.15) is 0 Å². The van der Waals surface area contributed by atoms with Crippen molar-refractivity contribution in [3.63, 3.8) is 0 Å². The normalized spacial score (nSPS) is 15.0. The summed E-state index contributed by atoms with van der Waals surface area (Å²) < 4.78 is 0. The third kappa shape index (κ3) is 5.15. The molecular weight excluding hydrogens is 242 g/mol. The standard InChI is InChI=1S/C8H11NO.C5H6.Fe/c1-9(2)8(10)7-5-3-4-6-7;1-2-4-5-3-1;/h3-5H,6H2,1-2H3;1-4H,5H2;. The number of allylic oxidation sites excluding steroid dienone is 7. The number of amides is 1. The topological polar surface area (TPSA) is 20.3 Å². The number of rotatable bonds is 1. The van der Waals surface area contributed by atoms with Crippen molar-refractivity contribution in [2.45, 2.75) is 12.8 Å². The molecule has 0 radical (unpaired) electrons. The number of nitrogens with zero attached hydrogens (tertiary/aromatic N) is 1. The molecule has 0 aromatic rings. The Balaban J connectivity index is 0.000000318. The molecular formula is C13H17FeNO. The van der Waals surface area contributed by atoms with Crippen molar-refractivity contribution in [1.29, 1.82) is 0 Å². The summed E-state index contributed by atoms with van der Waals surface area (Å²) in [7, 11) is 3.53. The van der Waals surface area contributed by atoms with Gasteiger partial charge in [-0.1, -0.05) is 42.5 Å². The van der Waals surface area contributed by atoms with Crippen LogP contribution in [0.4, 0.5) is 0 Å². The van der Waals surface area contributed by atoms with Crippen molar-refractivity contribution in [3.8, 4) is 0 Å². The van der Waals surface area contributed by atoms with Gasteiger partial charge < -0.3 is 4.90 Å². The van der Waals surface area contributed by atoms with Gasteiger partial charge in [-0.15, -0.1) is 0 Å². The third-order valence-electron chi connectivity index (χ3n) is 2.11. The van der Waals surface area contributed by atoms with Crippen LogP contribution in [0.3, 0.4) is 0 Å². The van der Waals surface area contributed by atoms with E-state index in [2.05, 4.69) is 24.3 Å². The molecule has 0 bridgehead atoms. The molecule has 88 valence electrons. The minimum atomic E-state index is 0. The summed E-state index contributed by atoms with van der Waals surface area (Å²) in [5, 5.41) is 0. The van der Waals surface area contributed by atoms with Crippen molar-refractivity contribution < 1.29 is 21.9 Å². The van der Waals surface area contributed by atoms with Gasteiger partial charge in [0, 0.05) is 36.7 Å². The van der Waals surface area contributed by atoms with E-state index in [4.69, 9.17) is 0 Å². The van der Waals surface area contributed by atoms with Crippen molar-refractivity contribution in [2.24, 2.45) is 0 Å². The molecule has 0 fully saturated rings. The van der Waals surface area contributed by atoms with Crippen LogP contribution >= 0.6 is 0 Å². The molecule has 0 aliphatic heterocycles. The molecule has 2 rings (SSSR count). The van der Waals surface area contributed by atoms with E-state index in [1.54, 1.807) is 19.0 Å². The Morgan fingerprint density at radius 2 is 1.75 bits per heavy atom. The summed E-state index contributed by atoms with van der Waals surface area (Å²) >= 11 is 0. The first-order chi connectivity index (χ1) is 7.22. The van der Waals surface area contributed by atoms with Gasteiger partial charge in [0.15, 0.2) is 0 Å². The van der Waals surface area contributed by atoms with E-state index in [0.29, 0.717) is 0 Å². The average Bonchev–Trinajstić information content (AvgIpc) is 2.92. The maximum Gasteiger partial charge on any atom is 0.249 e. The van der Waals surface area contributed by atoms with Gasteiger partial charge >= 0.3 is 0 Å². The summed E-state index contributed by atoms with van der Waals surface area (Å²) in [4.78, 5) is 12.8. The zero-order chi connectivity index (χ0) is 11.1. The molecule has 0 atom stereocenters. The zero-order valence-electron chi connectivity index (χ0n) is 9.66. The molecule has 3 heteroatoms. The van der Waals surface area contributed by atoms with Gasteiger partial charge in [-0.05, 0) is 12.8 Å². The Morgan fingerprint density at radius 1 is 1.12 bits per heavy atom. The first kappa shape index (κ1) is 14.9. The molecule has 2 aliphatic carbocycles. The van der Waals surface area contributed by atoms with Crippen LogP contribution in [0.2, 0.25) is 0 Å². The molecule has 2 aliphatic rings. The van der Waals surface area contributed by atoms with E-state index in [0.717, 1.165) is 18.4 Å². The summed E-state index contributed by atoms with van der Waals surface area (Å²) in [6.07, 6.45) is 16.0. The Labute approximate surface area is 108 Å². The molecule has 0 heterocycles. The smallest absolute Gasteiger partial charge is 0.249 e. The van der Waals surface area contributed by atoms with Crippen LogP contribution in [0, 0.1) is 0 Å². The monoisotopic (exact) mass is 259 g/mol. The summed E-state index contributed by atoms with van der Waals surface area (Å²) in [5.74, 6) is 0.116. The van der Waals surface area contributed by atoms with Crippen molar-refractivity contribution >= 4 is 5.91 Å². The number of hydrogen-bond acceptors (Lipinski definition) is 1. The van der Waals surface area contributed by atoms with Crippen LogP contribution in [0.5, 0.6) is 0 Å². The zero-order valence-corrected chi connectivity index (χ0v) is 10.8. The maximum absolute atomic E-state index is 11.2. The van der Waals surface area contributed by atoms with Crippen LogP contribution in [0.1, 0.15) is 12.8 Å². The Morgan fingerprint density at radius 3 is 2.06 bits per heavy atom. The first-order valence-electron chi connectivity index (χ1n) is 5.11. The quantitative estimate of drug-likeness (QED) is 0.662. The maximum atomic E-state index is 11.2. The van der Waals surface area contributed by atoms with E-state index in [9.17, 15) is 4.79 Å². The molecule has 0 unspecified atom stereocenters. The van der Waals surface area contributed by atoms with E-state index in [-0.39, 0.29) is 23.0 Å². The van der Waals surface area contributed by atoms with Crippen molar-refractivity contribution in [3.05, 3.63) is 48.1 Å². The second-order valence-corrected chi connectivity index (χ2v) is 3.62. The van der Waals surface area contributed by atoms with Gasteiger partial charge in [0.05, 0.1) is 0 Å². The molecule has 0 aromatic heterocycles. The van der Waals surface area contributed by atoms with Crippen LogP contribution in [-0.4, -0.2) is 24.9 Å². The molecule has 0 spiro atoms. The largest absolute Gasteiger partial charge is 0.345 e. The fourth-order valence-corrected chi connectivity index (χ4v) is 1.29. The second-order valence-electron chi connectivity index (χ2n) is 3.62. The van der Waals surface area contributed by atoms with Crippen LogP contribution in [0.25, 0.3) is 0 Å². The van der Waals surface area contributed by atoms with E-state index in [1.807, 2.05) is 18.2 Å². The van der Waals surface area contributed by atoms with Crippen LogP contribution < -0.4 is 0 Å². The molecule has 1 amide bonds. The summed E-state index contributed by atoms with van der Waals surface area (Å²) in [5.41, 5.74) is 0.880. The second kappa shape index (κ2) is 8.14. The average molecular weight is 259 g/mol. The van der Waals surface area contributed by atoms with Crippen LogP contribution in [0.15, 0.2) is 48.1 Å². The van der Waals surface area contributed by atoms with Gasteiger partial charge in [0.25, 0.3) is 0 Å². The fourth-order valence-electron chi connectivity index (χ4n) is 1.29. The van der Waals surface area contributed by atoms with Crippen molar-refractivity contribution in [1.82, 2.24) is 4.90 Å². The Kier molecular flexibility index (Phi) is 7.61. The number of carbonyl (C=O) groups is 1. The molecule has 0 saturated heterocycles. The van der Waals surface area contributed by atoms with E-state index < -0.39 is 0 Å². The molecule has 0 N–H and O–H groups in total. The fraction of sp³-hybridized carbons (Fsp3) is 0.308. The SMILES string of the molecule is C1=CCC=C1.CN(C)C(=O)C1=CC=CC1.[Fe]. The van der Waals surface area contributed by atoms with Gasteiger partial charge in [-0.25, -0.2) is 0 Å². The van der Waals surface area contributed by atoms with E-state index >= 15 is 0 Å².